The van der Waals surface area contributed by atoms with Gasteiger partial charge in [0, 0.05) is 18.5 Å². The molecular formula is C34H34N4O5. The van der Waals surface area contributed by atoms with Crippen LogP contribution in [0, 0.1) is 5.41 Å². The maximum Gasteiger partial charge on any atom is 0.513 e. The van der Waals surface area contributed by atoms with E-state index in [0.29, 0.717) is 16.7 Å². The Kier molecular flexibility index (Phi) is 10.3. The average molecular weight is 579 g/mol. The van der Waals surface area contributed by atoms with Crippen LogP contribution in [0.15, 0.2) is 109 Å². The number of primary amides is 1. The van der Waals surface area contributed by atoms with Crippen LogP contribution in [0.5, 0.6) is 5.75 Å². The smallest absolute Gasteiger partial charge is 0.434 e. The number of rotatable bonds is 12. The molecular weight excluding hydrogens is 544 g/mol. The molecule has 0 saturated carbocycles. The Morgan fingerprint density at radius 2 is 1.40 bits per heavy atom. The lowest BCUT2D eigenvalue weighted by Crippen LogP contribution is -2.50. The van der Waals surface area contributed by atoms with E-state index in [1.54, 1.807) is 55.5 Å². The molecule has 4 rings (SSSR count). The third kappa shape index (κ3) is 8.07. The van der Waals surface area contributed by atoms with Crippen molar-refractivity contribution in [3.05, 3.63) is 137 Å². The van der Waals surface area contributed by atoms with Gasteiger partial charge in [-0.25, -0.2) is 4.79 Å². The fraction of sp³-hybridized carbons (Fsp3) is 0.176. The molecule has 0 bridgehead atoms. The second-order valence-corrected chi connectivity index (χ2v) is 9.89. The van der Waals surface area contributed by atoms with Crippen molar-refractivity contribution in [2.45, 2.75) is 31.8 Å². The molecule has 0 fully saturated rings. The number of nitrogen functional groups attached to an aromatic ring is 1. The first kappa shape index (κ1) is 30.5. The number of ether oxygens (including phenoxy) is 2. The maximum absolute atomic E-state index is 14.6. The molecule has 0 heterocycles. The minimum absolute atomic E-state index is 0.0503. The normalized spacial score (nSPS) is 11.4. The summed E-state index contributed by atoms with van der Waals surface area (Å²) in [4.78, 5) is 40.9. The number of nitrogens with two attached hydrogens (primary N) is 2. The van der Waals surface area contributed by atoms with E-state index in [4.69, 9.17) is 26.4 Å². The van der Waals surface area contributed by atoms with Crippen molar-refractivity contribution in [1.82, 2.24) is 4.90 Å². The Labute approximate surface area is 250 Å². The van der Waals surface area contributed by atoms with Gasteiger partial charge in [-0.05, 0) is 47.4 Å². The molecule has 9 nitrogen and oxygen atoms in total. The van der Waals surface area contributed by atoms with Gasteiger partial charge in [-0.2, -0.15) is 0 Å². The molecule has 1 atom stereocenters. The number of carbonyl (C=O) groups is 3. The van der Waals surface area contributed by atoms with E-state index >= 15 is 0 Å². The standard InChI is InChI=1S/C34H34N4O5/c1-2-42-34(41)43-28-18-16-23(17-19-28)22-38(29(32(37)39)21-24-10-9-15-27(20-24)31(35)36)33(40)30(25-11-5-3-6-12-25)26-13-7-4-8-14-26/h3-20,29-30H,2,21-22H2,1H3,(H3,35,36)(H2,37,39)/t29-/m1/s1. The first-order valence-corrected chi connectivity index (χ1v) is 13.8. The van der Waals surface area contributed by atoms with E-state index in [0.717, 1.165) is 11.1 Å². The largest absolute Gasteiger partial charge is 0.513 e. The molecule has 4 aromatic carbocycles. The fourth-order valence-corrected chi connectivity index (χ4v) is 4.83. The minimum Gasteiger partial charge on any atom is -0.434 e. The van der Waals surface area contributed by atoms with E-state index in [9.17, 15) is 14.4 Å². The predicted molar refractivity (Wildman–Crippen MR) is 164 cm³/mol. The van der Waals surface area contributed by atoms with E-state index in [1.165, 1.54) is 4.90 Å². The molecule has 2 amide bonds. The second kappa shape index (κ2) is 14.5. The monoisotopic (exact) mass is 578 g/mol. The zero-order valence-corrected chi connectivity index (χ0v) is 23.8. The van der Waals surface area contributed by atoms with Crippen molar-refractivity contribution < 1.29 is 23.9 Å². The zero-order chi connectivity index (χ0) is 30.8. The molecule has 0 aromatic heterocycles. The lowest BCUT2D eigenvalue weighted by atomic mass is 9.88. The van der Waals surface area contributed by atoms with Crippen LogP contribution in [-0.4, -0.2) is 41.4 Å². The van der Waals surface area contributed by atoms with Gasteiger partial charge < -0.3 is 25.8 Å². The molecule has 43 heavy (non-hydrogen) atoms. The molecule has 0 spiro atoms. The van der Waals surface area contributed by atoms with Gasteiger partial charge in [0.1, 0.15) is 17.6 Å². The summed E-state index contributed by atoms with van der Waals surface area (Å²) in [5.41, 5.74) is 15.1. The lowest BCUT2D eigenvalue weighted by Gasteiger charge is -2.33. The van der Waals surface area contributed by atoms with Crippen LogP contribution in [0.3, 0.4) is 0 Å². The summed E-state index contributed by atoms with van der Waals surface area (Å²) in [6, 6.07) is 31.3. The summed E-state index contributed by atoms with van der Waals surface area (Å²) >= 11 is 0. The van der Waals surface area contributed by atoms with Gasteiger partial charge in [-0.3, -0.25) is 15.0 Å². The van der Waals surface area contributed by atoms with Crippen LogP contribution in [0.1, 0.15) is 40.7 Å². The number of amides is 2. The Morgan fingerprint density at radius 3 is 1.93 bits per heavy atom. The van der Waals surface area contributed by atoms with E-state index in [1.807, 2.05) is 60.7 Å². The Bertz CT molecular complexity index is 1520. The maximum atomic E-state index is 14.6. The van der Waals surface area contributed by atoms with Crippen LogP contribution < -0.4 is 16.2 Å². The van der Waals surface area contributed by atoms with Gasteiger partial charge in [0.15, 0.2) is 0 Å². The quantitative estimate of drug-likeness (QED) is 0.0955. The number of carbonyl (C=O) groups excluding carboxylic acids is 3. The second-order valence-electron chi connectivity index (χ2n) is 9.89. The summed E-state index contributed by atoms with van der Waals surface area (Å²) in [5.74, 6) is -1.53. The summed E-state index contributed by atoms with van der Waals surface area (Å²) in [7, 11) is 0. The molecule has 9 heteroatoms. The van der Waals surface area contributed by atoms with Crippen molar-refractivity contribution in [2.75, 3.05) is 6.61 Å². The Morgan fingerprint density at radius 1 is 0.791 bits per heavy atom. The molecule has 0 aliphatic heterocycles. The van der Waals surface area contributed by atoms with E-state index < -0.39 is 24.0 Å². The molecule has 0 unspecified atom stereocenters. The molecule has 5 N–H and O–H groups in total. The highest BCUT2D eigenvalue weighted by molar-refractivity contribution is 5.95. The topological polar surface area (TPSA) is 149 Å². The molecule has 220 valence electrons. The molecule has 0 radical (unpaired) electrons. The van der Waals surface area contributed by atoms with Gasteiger partial charge in [0.05, 0.1) is 12.5 Å². The van der Waals surface area contributed by atoms with Crippen molar-refractivity contribution in [3.8, 4) is 5.75 Å². The lowest BCUT2D eigenvalue weighted by molar-refractivity contribution is -0.140. The molecule has 0 aliphatic carbocycles. The van der Waals surface area contributed by atoms with Gasteiger partial charge in [0.25, 0.3) is 0 Å². The third-order valence-corrected chi connectivity index (χ3v) is 6.91. The van der Waals surface area contributed by atoms with Crippen LogP contribution in [0.4, 0.5) is 4.79 Å². The summed E-state index contributed by atoms with van der Waals surface area (Å²) < 4.78 is 10.0. The van der Waals surface area contributed by atoms with E-state index in [-0.39, 0.29) is 37.1 Å². The number of hydrogen-bond acceptors (Lipinski definition) is 6. The van der Waals surface area contributed by atoms with E-state index in [2.05, 4.69) is 0 Å². The summed E-state index contributed by atoms with van der Waals surface area (Å²) in [5, 5.41) is 7.81. The SMILES string of the molecule is CCOC(=O)Oc1ccc(CN(C(=O)C(c2ccccc2)c2ccccc2)[C@H](Cc2cccc(C(=N)N)c2)C(N)=O)cc1. The minimum atomic E-state index is -1.03. The number of hydrogen-bond donors (Lipinski definition) is 3. The highest BCUT2D eigenvalue weighted by Crippen LogP contribution is 2.29. The number of nitrogens with one attached hydrogen (secondary N) is 1. The fourth-order valence-electron chi connectivity index (χ4n) is 4.83. The van der Waals surface area contributed by atoms with Crippen molar-refractivity contribution in [3.63, 3.8) is 0 Å². The highest BCUT2D eigenvalue weighted by Gasteiger charge is 2.34. The Balaban J connectivity index is 1.75. The van der Waals surface area contributed by atoms with Gasteiger partial charge in [0.2, 0.25) is 11.8 Å². The predicted octanol–water partition coefficient (Wildman–Crippen LogP) is 4.76. The van der Waals surface area contributed by atoms with Crippen LogP contribution >= 0.6 is 0 Å². The van der Waals surface area contributed by atoms with Crippen LogP contribution in [-0.2, 0) is 27.3 Å². The highest BCUT2D eigenvalue weighted by atomic mass is 16.7. The number of nitrogens with zero attached hydrogens (tertiary/aromatic N) is 1. The number of amidine groups is 1. The number of benzene rings is 4. The Hall–Kier alpha value is -5.44. The van der Waals surface area contributed by atoms with Gasteiger partial charge >= 0.3 is 6.16 Å². The van der Waals surface area contributed by atoms with Crippen molar-refractivity contribution >= 4 is 23.8 Å². The van der Waals surface area contributed by atoms with Gasteiger partial charge in [-0.1, -0.05) is 91.0 Å². The van der Waals surface area contributed by atoms with Crippen LogP contribution in [0.2, 0.25) is 0 Å². The summed E-state index contributed by atoms with van der Waals surface area (Å²) in [6.45, 7) is 1.91. The third-order valence-electron chi connectivity index (χ3n) is 6.91. The zero-order valence-electron chi connectivity index (χ0n) is 23.8. The summed E-state index contributed by atoms with van der Waals surface area (Å²) in [6.07, 6.45) is -0.704. The molecule has 4 aromatic rings. The first-order valence-electron chi connectivity index (χ1n) is 13.8. The van der Waals surface area contributed by atoms with Gasteiger partial charge in [-0.15, -0.1) is 0 Å². The van der Waals surface area contributed by atoms with Crippen LogP contribution in [0.25, 0.3) is 0 Å². The van der Waals surface area contributed by atoms with Crippen molar-refractivity contribution in [1.29, 1.82) is 5.41 Å². The van der Waals surface area contributed by atoms with Crippen molar-refractivity contribution in [2.24, 2.45) is 11.5 Å². The molecule has 0 saturated heterocycles. The first-order chi connectivity index (χ1) is 20.8. The average Bonchev–Trinajstić information content (AvgIpc) is 3.01. The molecule has 0 aliphatic rings.